The third-order valence-electron chi connectivity index (χ3n) is 2.17. The summed E-state index contributed by atoms with van der Waals surface area (Å²) < 4.78 is 6.50. The van der Waals surface area contributed by atoms with Gasteiger partial charge in [0.05, 0.1) is 19.2 Å². The highest BCUT2D eigenvalue weighted by atomic mass is 16.5. The zero-order valence-electron chi connectivity index (χ0n) is 9.54. The summed E-state index contributed by atoms with van der Waals surface area (Å²) in [5.74, 6) is 0.482. The van der Waals surface area contributed by atoms with E-state index in [0.29, 0.717) is 6.61 Å². The van der Waals surface area contributed by atoms with Crippen molar-refractivity contribution in [3.63, 3.8) is 0 Å². The van der Waals surface area contributed by atoms with Crippen molar-refractivity contribution in [2.75, 3.05) is 6.61 Å². The van der Waals surface area contributed by atoms with E-state index >= 15 is 0 Å². The van der Waals surface area contributed by atoms with Crippen molar-refractivity contribution in [2.24, 2.45) is 0 Å². The Balaban J connectivity index is 2.09. The first kappa shape index (κ1) is 11.3. The highest BCUT2D eigenvalue weighted by Crippen LogP contribution is 2.05. The second kappa shape index (κ2) is 5.25. The number of carbonyl (C=O) groups is 1. The van der Waals surface area contributed by atoms with Gasteiger partial charge in [0.2, 0.25) is 0 Å². The molecule has 0 N–H and O–H groups in total. The van der Waals surface area contributed by atoms with E-state index < -0.39 is 0 Å². The van der Waals surface area contributed by atoms with Crippen LogP contribution < -0.4 is 0 Å². The summed E-state index contributed by atoms with van der Waals surface area (Å²) in [6.07, 6.45) is 5.35. The monoisotopic (exact) mass is 231 g/mol. The highest BCUT2D eigenvalue weighted by molar-refractivity contribution is 5.72. The van der Waals surface area contributed by atoms with Crippen LogP contribution in [0.4, 0.5) is 0 Å². The third kappa shape index (κ3) is 2.90. The van der Waals surface area contributed by atoms with Crippen molar-refractivity contribution in [3.8, 4) is 5.82 Å². The lowest BCUT2D eigenvalue weighted by molar-refractivity contribution is -0.142. The summed E-state index contributed by atoms with van der Waals surface area (Å²) in [7, 11) is 0. The van der Waals surface area contributed by atoms with E-state index in [4.69, 9.17) is 4.74 Å². The van der Waals surface area contributed by atoms with Crippen molar-refractivity contribution in [3.05, 3.63) is 42.4 Å². The average molecular weight is 231 g/mol. The van der Waals surface area contributed by atoms with Crippen LogP contribution >= 0.6 is 0 Å². The lowest BCUT2D eigenvalue weighted by Crippen LogP contribution is -2.06. The van der Waals surface area contributed by atoms with Crippen LogP contribution in [-0.4, -0.2) is 27.3 Å². The minimum atomic E-state index is -0.243. The Morgan fingerprint density at radius 1 is 1.47 bits per heavy atom. The smallest absolute Gasteiger partial charge is 0.310 e. The van der Waals surface area contributed by atoms with Crippen LogP contribution in [0.1, 0.15) is 12.5 Å². The minimum Gasteiger partial charge on any atom is -0.466 e. The van der Waals surface area contributed by atoms with Crippen LogP contribution in [0, 0.1) is 0 Å². The second-order valence-electron chi connectivity index (χ2n) is 3.46. The van der Waals surface area contributed by atoms with Gasteiger partial charge in [-0.05, 0) is 19.1 Å². The molecule has 0 saturated carbocycles. The molecule has 2 aromatic rings. The van der Waals surface area contributed by atoms with Crippen molar-refractivity contribution < 1.29 is 9.53 Å². The van der Waals surface area contributed by atoms with Gasteiger partial charge in [-0.2, -0.15) is 5.10 Å². The van der Waals surface area contributed by atoms with E-state index in [2.05, 4.69) is 10.1 Å². The molecule has 0 atom stereocenters. The highest BCUT2D eigenvalue weighted by Gasteiger charge is 2.07. The van der Waals surface area contributed by atoms with Crippen molar-refractivity contribution in [2.45, 2.75) is 13.3 Å². The van der Waals surface area contributed by atoms with Gasteiger partial charge >= 0.3 is 5.97 Å². The first-order valence-electron chi connectivity index (χ1n) is 5.40. The van der Waals surface area contributed by atoms with Crippen LogP contribution in [0.25, 0.3) is 5.82 Å². The molecule has 0 saturated heterocycles. The molecule has 88 valence electrons. The lowest BCUT2D eigenvalue weighted by Gasteiger charge is -1.99. The number of pyridine rings is 1. The zero-order valence-corrected chi connectivity index (χ0v) is 9.54. The number of aromatic nitrogens is 3. The molecular formula is C12H13N3O2. The SMILES string of the molecule is CCOC(=O)Cc1cnn(-c2ccccn2)c1. The Kier molecular flexibility index (Phi) is 3.49. The fourth-order valence-electron chi connectivity index (χ4n) is 1.44. The summed E-state index contributed by atoms with van der Waals surface area (Å²) >= 11 is 0. The Hall–Kier alpha value is -2.17. The topological polar surface area (TPSA) is 57.0 Å². The molecule has 0 radical (unpaired) electrons. The molecule has 0 spiro atoms. The summed E-state index contributed by atoms with van der Waals surface area (Å²) in [4.78, 5) is 15.4. The van der Waals surface area contributed by atoms with Gasteiger partial charge < -0.3 is 4.74 Å². The number of carbonyl (C=O) groups excluding carboxylic acids is 1. The molecule has 2 heterocycles. The van der Waals surface area contributed by atoms with Gasteiger partial charge in [0.1, 0.15) is 0 Å². The van der Waals surface area contributed by atoms with Crippen molar-refractivity contribution >= 4 is 5.97 Å². The van der Waals surface area contributed by atoms with Gasteiger partial charge in [0.25, 0.3) is 0 Å². The molecule has 0 aliphatic rings. The quantitative estimate of drug-likeness (QED) is 0.746. The third-order valence-corrected chi connectivity index (χ3v) is 2.17. The van der Waals surface area contributed by atoms with Gasteiger partial charge in [-0.25, -0.2) is 9.67 Å². The van der Waals surface area contributed by atoms with E-state index in [1.807, 2.05) is 18.2 Å². The maximum Gasteiger partial charge on any atom is 0.310 e. The Labute approximate surface area is 99.1 Å². The largest absolute Gasteiger partial charge is 0.466 e. The number of hydrogen-bond acceptors (Lipinski definition) is 4. The molecule has 17 heavy (non-hydrogen) atoms. The minimum absolute atomic E-state index is 0.237. The van der Waals surface area contributed by atoms with Crippen LogP contribution in [0.3, 0.4) is 0 Å². The standard InChI is InChI=1S/C12H13N3O2/c1-2-17-12(16)7-10-8-14-15(9-10)11-5-3-4-6-13-11/h3-6,8-9H,2,7H2,1H3. The van der Waals surface area contributed by atoms with Gasteiger partial charge in [0.15, 0.2) is 5.82 Å². The molecule has 0 unspecified atom stereocenters. The average Bonchev–Trinajstić information content (AvgIpc) is 2.79. The molecule has 2 rings (SSSR count). The number of hydrogen-bond donors (Lipinski definition) is 0. The van der Waals surface area contributed by atoms with Crippen LogP contribution in [-0.2, 0) is 16.0 Å². The number of nitrogens with zero attached hydrogens (tertiary/aromatic N) is 3. The van der Waals surface area contributed by atoms with E-state index in [1.165, 1.54) is 0 Å². The van der Waals surface area contributed by atoms with Crippen LogP contribution in [0.15, 0.2) is 36.8 Å². The fraction of sp³-hybridized carbons (Fsp3) is 0.250. The van der Waals surface area contributed by atoms with Gasteiger partial charge in [0, 0.05) is 18.0 Å². The molecule has 2 aromatic heterocycles. The first-order valence-corrected chi connectivity index (χ1v) is 5.40. The predicted octanol–water partition coefficient (Wildman–Crippen LogP) is 1.37. The number of esters is 1. The van der Waals surface area contributed by atoms with E-state index in [0.717, 1.165) is 11.4 Å². The molecule has 5 heteroatoms. The molecule has 0 amide bonds. The van der Waals surface area contributed by atoms with Crippen molar-refractivity contribution in [1.82, 2.24) is 14.8 Å². The summed E-state index contributed by atoms with van der Waals surface area (Å²) in [5, 5.41) is 4.15. The van der Waals surface area contributed by atoms with Gasteiger partial charge in [-0.15, -0.1) is 0 Å². The predicted molar refractivity (Wildman–Crippen MR) is 61.7 cm³/mol. The zero-order chi connectivity index (χ0) is 12.1. The van der Waals surface area contributed by atoms with Crippen LogP contribution in [0.2, 0.25) is 0 Å². The number of rotatable bonds is 4. The Morgan fingerprint density at radius 2 is 2.35 bits per heavy atom. The number of ether oxygens (including phenoxy) is 1. The fourth-order valence-corrected chi connectivity index (χ4v) is 1.44. The second-order valence-corrected chi connectivity index (χ2v) is 3.46. The van der Waals surface area contributed by atoms with E-state index in [9.17, 15) is 4.79 Å². The molecule has 0 aliphatic heterocycles. The summed E-state index contributed by atoms with van der Waals surface area (Å²) in [5.41, 5.74) is 0.814. The van der Waals surface area contributed by atoms with Crippen LogP contribution in [0.5, 0.6) is 0 Å². The molecule has 0 fully saturated rings. The molecule has 0 aromatic carbocycles. The van der Waals surface area contributed by atoms with Gasteiger partial charge in [-0.1, -0.05) is 6.07 Å². The Morgan fingerprint density at radius 3 is 3.06 bits per heavy atom. The van der Waals surface area contributed by atoms with Crippen molar-refractivity contribution in [1.29, 1.82) is 0 Å². The Bertz CT molecular complexity index is 493. The summed E-state index contributed by atoms with van der Waals surface area (Å²) in [6, 6.07) is 5.57. The maximum atomic E-state index is 11.3. The van der Waals surface area contributed by atoms with E-state index in [1.54, 1.807) is 30.2 Å². The molecule has 0 bridgehead atoms. The normalized spacial score (nSPS) is 10.2. The molecular weight excluding hydrogens is 218 g/mol. The lowest BCUT2D eigenvalue weighted by atomic mass is 10.3. The van der Waals surface area contributed by atoms with E-state index in [-0.39, 0.29) is 12.4 Å². The molecule has 5 nitrogen and oxygen atoms in total. The maximum absolute atomic E-state index is 11.3. The first-order chi connectivity index (χ1) is 8.29. The van der Waals surface area contributed by atoms with Gasteiger partial charge in [-0.3, -0.25) is 4.79 Å². The molecule has 0 aliphatic carbocycles. The summed E-state index contributed by atoms with van der Waals surface area (Å²) in [6.45, 7) is 2.18.